The topological polar surface area (TPSA) is 49.3 Å². The first kappa shape index (κ1) is 13.7. The first-order chi connectivity index (χ1) is 9.11. The maximum absolute atomic E-state index is 12.0. The zero-order valence-corrected chi connectivity index (χ0v) is 11.8. The van der Waals surface area contributed by atoms with Crippen molar-refractivity contribution >= 4 is 28.4 Å². The Morgan fingerprint density at radius 3 is 2.58 bits per heavy atom. The molecule has 0 heterocycles. The number of aromatic hydroxyl groups is 1. The van der Waals surface area contributed by atoms with E-state index in [1.54, 1.807) is 23.9 Å². The zero-order valence-electron chi connectivity index (χ0n) is 11.0. The Labute approximate surface area is 117 Å². The number of phenolic OH excluding ortho intramolecular Hbond substituents is 1. The van der Waals surface area contributed by atoms with Crippen molar-refractivity contribution in [2.24, 2.45) is 0 Å². The van der Waals surface area contributed by atoms with Crippen LogP contribution in [0.25, 0.3) is 10.8 Å². The summed E-state index contributed by atoms with van der Waals surface area (Å²) in [7, 11) is 0. The highest BCUT2D eigenvalue weighted by molar-refractivity contribution is 7.99. The fourth-order valence-corrected chi connectivity index (χ4v) is 2.08. The number of phenols is 1. The van der Waals surface area contributed by atoms with Crippen LogP contribution in [0.4, 0.5) is 0 Å². The average Bonchev–Trinajstić information content (AvgIpc) is 2.43. The van der Waals surface area contributed by atoms with E-state index in [9.17, 15) is 9.90 Å². The molecule has 2 N–H and O–H groups in total. The lowest BCUT2D eigenvalue weighted by Crippen LogP contribution is -2.29. The number of rotatable bonds is 4. The Kier molecular flexibility index (Phi) is 4.32. The second-order valence-electron chi connectivity index (χ2n) is 4.47. The third-order valence-corrected chi connectivity index (χ3v) is 4.03. The van der Waals surface area contributed by atoms with Crippen LogP contribution in [0.3, 0.4) is 0 Å². The van der Waals surface area contributed by atoms with Crippen LogP contribution in [0.1, 0.15) is 17.3 Å². The lowest BCUT2D eigenvalue weighted by atomic mass is 10.1. The van der Waals surface area contributed by atoms with Gasteiger partial charge in [0.2, 0.25) is 0 Å². The molecule has 4 heteroatoms. The van der Waals surface area contributed by atoms with Gasteiger partial charge in [-0.15, -0.1) is 0 Å². The Bertz CT molecular complexity index is 598. The molecule has 0 saturated carbocycles. The van der Waals surface area contributed by atoms with Crippen molar-refractivity contribution in [3.63, 3.8) is 0 Å². The molecule has 2 aromatic carbocycles. The molecular weight excluding hydrogens is 258 g/mol. The molecule has 1 amide bonds. The molecule has 0 radical (unpaired) electrons. The predicted molar refractivity (Wildman–Crippen MR) is 80.9 cm³/mol. The number of hydrogen-bond acceptors (Lipinski definition) is 3. The van der Waals surface area contributed by atoms with Gasteiger partial charge < -0.3 is 10.4 Å². The fourth-order valence-electron chi connectivity index (χ4n) is 1.83. The Hall–Kier alpha value is -1.68. The van der Waals surface area contributed by atoms with Gasteiger partial charge in [-0.05, 0) is 29.2 Å². The highest BCUT2D eigenvalue weighted by Gasteiger charge is 2.12. The summed E-state index contributed by atoms with van der Waals surface area (Å²) in [5, 5.41) is 15.0. The van der Waals surface area contributed by atoms with E-state index < -0.39 is 0 Å². The minimum atomic E-state index is -0.232. The molecule has 0 aliphatic rings. The Morgan fingerprint density at radius 1 is 1.32 bits per heavy atom. The number of carbonyl (C=O) groups is 1. The largest absolute Gasteiger partial charge is 0.507 e. The summed E-state index contributed by atoms with van der Waals surface area (Å²) in [6.07, 6.45) is 2.00. The van der Waals surface area contributed by atoms with Crippen molar-refractivity contribution in [2.75, 3.05) is 12.8 Å². The predicted octanol–water partition coefficient (Wildman–Crippen LogP) is 3.03. The van der Waals surface area contributed by atoms with Crippen LogP contribution in [0.5, 0.6) is 5.75 Å². The molecule has 0 aliphatic carbocycles. The van der Waals surface area contributed by atoms with Gasteiger partial charge in [-0.25, -0.2) is 0 Å². The number of amides is 1. The summed E-state index contributed by atoms with van der Waals surface area (Å²) in [6, 6.07) is 11.0. The van der Waals surface area contributed by atoms with Crippen LogP contribution in [-0.4, -0.2) is 29.1 Å². The monoisotopic (exact) mass is 275 g/mol. The van der Waals surface area contributed by atoms with Gasteiger partial charge in [-0.2, -0.15) is 11.8 Å². The number of hydrogen-bond donors (Lipinski definition) is 2. The van der Waals surface area contributed by atoms with Crippen LogP contribution in [-0.2, 0) is 0 Å². The first-order valence-electron chi connectivity index (χ1n) is 6.14. The minimum Gasteiger partial charge on any atom is -0.507 e. The molecule has 0 aromatic heterocycles. The smallest absolute Gasteiger partial charge is 0.255 e. The molecule has 2 rings (SSSR count). The number of benzene rings is 2. The van der Waals surface area contributed by atoms with Gasteiger partial charge in [0.05, 0.1) is 5.56 Å². The van der Waals surface area contributed by atoms with Gasteiger partial charge in [0.25, 0.3) is 5.91 Å². The van der Waals surface area contributed by atoms with Gasteiger partial charge in [-0.1, -0.05) is 31.2 Å². The summed E-state index contributed by atoms with van der Waals surface area (Å²) in [6.45, 7) is 2.64. The fraction of sp³-hybridized carbons (Fsp3) is 0.267. The molecular formula is C15H17NO2S. The molecule has 0 saturated heterocycles. The van der Waals surface area contributed by atoms with Crippen molar-refractivity contribution in [3.05, 3.63) is 42.0 Å². The third kappa shape index (κ3) is 3.20. The molecule has 19 heavy (non-hydrogen) atoms. The average molecular weight is 275 g/mol. The Balaban J connectivity index is 2.24. The minimum absolute atomic E-state index is 0.0213. The number of nitrogens with one attached hydrogen (secondary N) is 1. The maximum atomic E-state index is 12.0. The van der Waals surface area contributed by atoms with Crippen LogP contribution in [0.15, 0.2) is 36.4 Å². The van der Waals surface area contributed by atoms with E-state index >= 15 is 0 Å². The van der Waals surface area contributed by atoms with Crippen LogP contribution in [0, 0.1) is 0 Å². The van der Waals surface area contributed by atoms with E-state index in [1.807, 2.05) is 37.4 Å². The van der Waals surface area contributed by atoms with Gasteiger partial charge in [-0.3, -0.25) is 4.79 Å². The molecule has 0 fully saturated rings. The summed E-state index contributed by atoms with van der Waals surface area (Å²) in [5.74, 6) is -0.211. The van der Waals surface area contributed by atoms with Crippen LogP contribution in [0.2, 0.25) is 0 Å². The van der Waals surface area contributed by atoms with E-state index in [0.717, 1.165) is 10.8 Å². The van der Waals surface area contributed by atoms with E-state index in [2.05, 4.69) is 5.32 Å². The van der Waals surface area contributed by atoms with Gasteiger partial charge >= 0.3 is 0 Å². The summed E-state index contributed by atoms with van der Waals surface area (Å²) >= 11 is 1.69. The molecule has 0 bridgehead atoms. The molecule has 100 valence electrons. The SMILES string of the molecule is CSC(C)CNC(=O)c1cc2ccccc2cc1O. The summed E-state index contributed by atoms with van der Waals surface area (Å²) < 4.78 is 0. The molecule has 1 atom stereocenters. The van der Waals surface area contributed by atoms with Gasteiger partial charge in [0, 0.05) is 11.8 Å². The normalized spacial score (nSPS) is 12.3. The van der Waals surface area contributed by atoms with Crippen LogP contribution < -0.4 is 5.32 Å². The first-order valence-corrected chi connectivity index (χ1v) is 7.43. The second-order valence-corrected chi connectivity index (χ2v) is 5.75. The van der Waals surface area contributed by atoms with E-state index in [0.29, 0.717) is 17.4 Å². The molecule has 2 aromatic rings. The highest BCUT2D eigenvalue weighted by atomic mass is 32.2. The number of thioether (sulfide) groups is 1. The second kappa shape index (κ2) is 5.97. The van der Waals surface area contributed by atoms with Gasteiger partial charge in [0.1, 0.15) is 5.75 Å². The van der Waals surface area contributed by atoms with Crippen molar-refractivity contribution < 1.29 is 9.90 Å². The Morgan fingerprint density at radius 2 is 1.95 bits per heavy atom. The van der Waals surface area contributed by atoms with Crippen LogP contribution >= 0.6 is 11.8 Å². The van der Waals surface area contributed by atoms with Crippen molar-refractivity contribution in [1.29, 1.82) is 0 Å². The van der Waals surface area contributed by atoms with E-state index in [1.165, 1.54) is 0 Å². The molecule has 3 nitrogen and oxygen atoms in total. The van der Waals surface area contributed by atoms with Gasteiger partial charge in [0.15, 0.2) is 0 Å². The lowest BCUT2D eigenvalue weighted by molar-refractivity contribution is 0.0951. The quantitative estimate of drug-likeness (QED) is 0.901. The van der Waals surface area contributed by atoms with Crippen molar-refractivity contribution in [2.45, 2.75) is 12.2 Å². The lowest BCUT2D eigenvalue weighted by Gasteiger charge is -2.11. The highest BCUT2D eigenvalue weighted by Crippen LogP contribution is 2.24. The zero-order chi connectivity index (χ0) is 13.8. The molecule has 0 spiro atoms. The standard InChI is InChI=1S/C15H17NO2S/c1-10(19-2)9-16-15(18)13-7-11-5-3-4-6-12(11)8-14(13)17/h3-8,10,17H,9H2,1-2H3,(H,16,18). The van der Waals surface area contributed by atoms with Crippen molar-refractivity contribution in [1.82, 2.24) is 5.32 Å². The third-order valence-electron chi connectivity index (χ3n) is 3.06. The summed E-state index contributed by atoms with van der Waals surface area (Å²) in [5.41, 5.74) is 0.326. The number of fused-ring (bicyclic) bond motifs is 1. The molecule has 1 unspecified atom stereocenters. The number of carbonyl (C=O) groups excluding carboxylic acids is 1. The summed E-state index contributed by atoms with van der Waals surface area (Å²) in [4.78, 5) is 12.0. The van der Waals surface area contributed by atoms with E-state index in [4.69, 9.17) is 0 Å². The van der Waals surface area contributed by atoms with E-state index in [-0.39, 0.29) is 11.7 Å². The van der Waals surface area contributed by atoms with Crippen molar-refractivity contribution in [3.8, 4) is 5.75 Å². The maximum Gasteiger partial charge on any atom is 0.255 e. The molecule has 0 aliphatic heterocycles.